The molecule has 1 unspecified atom stereocenters. The molecule has 0 aliphatic heterocycles. The molecule has 1 aromatic heterocycles. The Labute approximate surface area is 87.0 Å². The highest BCUT2D eigenvalue weighted by molar-refractivity contribution is 7.80. The van der Waals surface area contributed by atoms with Crippen molar-refractivity contribution >= 4 is 34.1 Å². The normalized spacial score (nSPS) is 13.4. The Hall–Kier alpha value is -0.510. The molecule has 68 valence electrons. The molecule has 0 aliphatic rings. The standard InChI is InChI=1S/C10H11NS2/c11-5-9(12)8-6-13-10-4-2-1-3-7(8)10/h1-4,6,9,12H,5,11H2. The van der Waals surface area contributed by atoms with Crippen molar-refractivity contribution in [1.29, 1.82) is 0 Å². The van der Waals surface area contributed by atoms with E-state index in [0.717, 1.165) is 0 Å². The molecule has 2 rings (SSSR count). The van der Waals surface area contributed by atoms with Gasteiger partial charge in [-0.05, 0) is 22.4 Å². The number of benzene rings is 1. The minimum Gasteiger partial charge on any atom is -0.329 e. The minimum absolute atomic E-state index is 0.163. The first-order chi connectivity index (χ1) is 6.33. The molecular formula is C10H11NS2. The lowest BCUT2D eigenvalue weighted by Gasteiger charge is -2.05. The number of nitrogens with two attached hydrogens (primary N) is 1. The van der Waals surface area contributed by atoms with Crippen LogP contribution in [0.2, 0.25) is 0 Å². The zero-order valence-corrected chi connectivity index (χ0v) is 8.81. The summed E-state index contributed by atoms with van der Waals surface area (Å²) in [5, 5.41) is 3.60. The van der Waals surface area contributed by atoms with Crippen molar-refractivity contribution in [2.75, 3.05) is 6.54 Å². The zero-order valence-electron chi connectivity index (χ0n) is 7.10. The molecule has 0 fully saturated rings. The van der Waals surface area contributed by atoms with Gasteiger partial charge in [-0.15, -0.1) is 11.3 Å². The second kappa shape index (κ2) is 3.70. The van der Waals surface area contributed by atoms with Gasteiger partial charge in [0.2, 0.25) is 0 Å². The molecule has 0 bridgehead atoms. The van der Waals surface area contributed by atoms with Crippen molar-refractivity contribution in [2.24, 2.45) is 5.73 Å². The second-order valence-corrected chi connectivity index (χ2v) is 4.47. The summed E-state index contributed by atoms with van der Waals surface area (Å²) < 4.78 is 1.31. The van der Waals surface area contributed by atoms with E-state index in [-0.39, 0.29) is 5.25 Å². The summed E-state index contributed by atoms with van der Waals surface area (Å²) in [6.45, 7) is 0.587. The van der Waals surface area contributed by atoms with Crippen LogP contribution in [-0.4, -0.2) is 6.54 Å². The first kappa shape index (κ1) is 9.06. The molecule has 13 heavy (non-hydrogen) atoms. The first-order valence-corrected chi connectivity index (χ1v) is 5.57. The van der Waals surface area contributed by atoms with Crippen LogP contribution in [0.15, 0.2) is 29.6 Å². The molecule has 1 nitrogen and oxygen atoms in total. The van der Waals surface area contributed by atoms with Crippen molar-refractivity contribution in [3.63, 3.8) is 0 Å². The van der Waals surface area contributed by atoms with Gasteiger partial charge >= 0.3 is 0 Å². The van der Waals surface area contributed by atoms with Crippen LogP contribution < -0.4 is 5.73 Å². The van der Waals surface area contributed by atoms with Crippen LogP contribution >= 0.6 is 24.0 Å². The molecule has 2 aromatic rings. The van der Waals surface area contributed by atoms with Crippen molar-refractivity contribution in [1.82, 2.24) is 0 Å². The number of hydrogen-bond acceptors (Lipinski definition) is 3. The molecule has 1 heterocycles. The van der Waals surface area contributed by atoms with E-state index in [1.165, 1.54) is 15.6 Å². The molecule has 1 atom stereocenters. The fraction of sp³-hybridized carbons (Fsp3) is 0.200. The van der Waals surface area contributed by atoms with Gasteiger partial charge in [0.25, 0.3) is 0 Å². The van der Waals surface area contributed by atoms with E-state index in [2.05, 4.69) is 42.3 Å². The third-order valence-corrected chi connectivity index (χ3v) is 3.56. The average Bonchev–Trinajstić information content (AvgIpc) is 2.60. The molecule has 3 heteroatoms. The molecule has 0 amide bonds. The number of thiophene rings is 1. The van der Waals surface area contributed by atoms with Gasteiger partial charge in [0.1, 0.15) is 0 Å². The first-order valence-electron chi connectivity index (χ1n) is 4.17. The highest BCUT2D eigenvalue weighted by atomic mass is 32.1. The van der Waals surface area contributed by atoms with E-state index in [4.69, 9.17) is 5.73 Å². The summed E-state index contributed by atoms with van der Waals surface area (Å²) in [4.78, 5) is 0. The Balaban J connectivity index is 2.57. The average molecular weight is 209 g/mol. The van der Waals surface area contributed by atoms with Gasteiger partial charge in [-0.3, -0.25) is 0 Å². The van der Waals surface area contributed by atoms with Gasteiger partial charge < -0.3 is 5.73 Å². The highest BCUT2D eigenvalue weighted by Gasteiger charge is 2.09. The van der Waals surface area contributed by atoms with E-state index in [0.29, 0.717) is 6.54 Å². The fourth-order valence-electron chi connectivity index (χ4n) is 1.38. The fourth-order valence-corrected chi connectivity index (χ4v) is 2.71. The molecule has 0 saturated carbocycles. The Morgan fingerprint density at radius 3 is 2.92 bits per heavy atom. The van der Waals surface area contributed by atoms with Crippen LogP contribution in [0.25, 0.3) is 10.1 Å². The van der Waals surface area contributed by atoms with E-state index < -0.39 is 0 Å². The maximum atomic E-state index is 5.58. The lowest BCUT2D eigenvalue weighted by molar-refractivity contribution is 0.962. The lowest BCUT2D eigenvalue weighted by atomic mass is 10.1. The summed E-state index contributed by atoms with van der Waals surface area (Å²) in [5.74, 6) is 0. The SMILES string of the molecule is NCC(S)c1csc2ccccc12. The quantitative estimate of drug-likeness (QED) is 0.731. The number of hydrogen-bond donors (Lipinski definition) is 2. The summed E-state index contributed by atoms with van der Waals surface area (Å²) in [7, 11) is 0. The zero-order chi connectivity index (χ0) is 9.26. The maximum absolute atomic E-state index is 5.58. The Kier molecular flexibility index (Phi) is 2.58. The van der Waals surface area contributed by atoms with Gasteiger partial charge in [0.15, 0.2) is 0 Å². The van der Waals surface area contributed by atoms with Crippen LogP contribution in [-0.2, 0) is 0 Å². The third kappa shape index (κ3) is 1.59. The van der Waals surface area contributed by atoms with Crippen LogP contribution in [0.4, 0.5) is 0 Å². The summed E-state index contributed by atoms with van der Waals surface area (Å²) >= 11 is 6.20. The molecular weight excluding hydrogens is 198 g/mol. The molecule has 1 aromatic carbocycles. The predicted octanol–water partition coefficient (Wildman–Crippen LogP) is 2.83. The predicted molar refractivity (Wildman–Crippen MR) is 62.6 cm³/mol. The van der Waals surface area contributed by atoms with Gasteiger partial charge in [0, 0.05) is 16.5 Å². The van der Waals surface area contributed by atoms with E-state index in [1.807, 2.05) is 0 Å². The summed E-state index contributed by atoms with van der Waals surface area (Å²) in [6.07, 6.45) is 0. The Morgan fingerprint density at radius 2 is 2.15 bits per heavy atom. The molecule has 0 radical (unpaired) electrons. The van der Waals surface area contributed by atoms with Crippen molar-refractivity contribution < 1.29 is 0 Å². The summed E-state index contributed by atoms with van der Waals surface area (Å²) in [6, 6.07) is 8.36. The van der Waals surface area contributed by atoms with Crippen LogP contribution in [0, 0.1) is 0 Å². The van der Waals surface area contributed by atoms with Crippen LogP contribution in [0.5, 0.6) is 0 Å². The summed E-state index contributed by atoms with van der Waals surface area (Å²) in [5.41, 5.74) is 6.84. The van der Waals surface area contributed by atoms with E-state index >= 15 is 0 Å². The van der Waals surface area contributed by atoms with Gasteiger partial charge in [0.05, 0.1) is 0 Å². The van der Waals surface area contributed by atoms with Gasteiger partial charge in [-0.25, -0.2) is 0 Å². The van der Waals surface area contributed by atoms with Crippen LogP contribution in [0.3, 0.4) is 0 Å². The minimum atomic E-state index is 0.163. The number of fused-ring (bicyclic) bond motifs is 1. The number of rotatable bonds is 2. The number of thiol groups is 1. The Bertz CT molecular complexity index is 408. The van der Waals surface area contributed by atoms with Crippen molar-refractivity contribution in [3.05, 3.63) is 35.2 Å². The molecule has 0 spiro atoms. The van der Waals surface area contributed by atoms with E-state index in [9.17, 15) is 0 Å². The smallest absolute Gasteiger partial charge is 0.0403 e. The maximum Gasteiger partial charge on any atom is 0.0403 e. The van der Waals surface area contributed by atoms with Crippen LogP contribution in [0.1, 0.15) is 10.8 Å². The largest absolute Gasteiger partial charge is 0.329 e. The van der Waals surface area contributed by atoms with E-state index in [1.54, 1.807) is 11.3 Å². The Morgan fingerprint density at radius 1 is 1.38 bits per heavy atom. The lowest BCUT2D eigenvalue weighted by Crippen LogP contribution is -2.05. The van der Waals surface area contributed by atoms with Gasteiger partial charge in [-0.1, -0.05) is 18.2 Å². The highest BCUT2D eigenvalue weighted by Crippen LogP contribution is 2.32. The third-order valence-electron chi connectivity index (χ3n) is 2.09. The molecule has 0 aliphatic carbocycles. The van der Waals surface area contributed by atoms with Gasteiger partial charge in [-0.2, -0.15) is 12.6 Å². The monoisotopic (exact) mass is 209 g/mol. The second-order valence-electron chi connectivity index (χ2n) is 2.94. The van der Waals surface area contributed by atoms with Crippen molar-refractivity contribution in [3.8, 4) is 0 Å². The van der Waals surface area contributed by atoms with Crippen molar-refractivity contribution in [2.45, 2.75) is 5.25 Å². The topological polar surface area (TPSA) is 26.0 Å². The molecule has 2 N–H and O–H groups in total. The molecule has 0 saturated heterocycles.